The number of nitrogens with one attached hydrogen (secondary N) is 1. The van der Waals surface area contributed by atoms with Gasteiger partial charge in [-0.3, -0.25) is 10.1 Å². The number of ether oxygens (including phenoxy) is 1. The van der Waals surface area contributed by atoms with E-state index in [0.717, 1.165) is 0 Å². The van der Waals surface area contributed by atoms with Gasteiger partial charge in [0.2, 0.25) is 0 Å². The molecule has 0 unspecified atom stereocenters. The van der Waals surface area contributed by atoms with Crippen LogP contribution < -0.4 is 5.32 Å². The van der Waals surface area contributed by atoms with E-state index in [4.69, 9.17) is 5.11 Å². The first-order valence-electron chi connectivity index (χ1n) is 5.83. The van der Waals surface area contributed by atoms with Gasteiger partial charge in [0.15, 0.2) is 0 Å². The molecule has 0 heterocycles. The van der Waals surface area contributed by atoms with Crippen molar-refractivity contribution >= 4 is 17.7 Å². The molecule has 1 amide bonds. The molecular weight excluding hydrogens is 268 g/mol. The molecule has 8 nitrogen and oxygen atoms in total. The summed E-state index contributed by atoms with van der Waals surface area (Å²) in [5, 5.41) is 21.7. The molecule has 2 N–H and O–H groups in total. The fourth-order valence-electron chi connectivity index (χ4n) is 1.50. The molecule has 0 spiro atoms. The lowest BCUT2D eigenvalue weighted by molar-refractivity contribution is -0.384. The van der Waals surface area contributed by atoms with Crippen LogP contribution in [0.2, 0.25) is 0 Å². The number of benzene rings is 1. The molecule has 1 aromatic carbocycles. The molecule has 0 saturated carbocycles. The monoisotopic (exact) mass is 282 g/mol. The summed E-state index contributed by atoms with van der Waals surface area (Å²) in [6, 6.07) is 4.29. The number of aliphatic carboxylic acids is 1. The third-order valence-corrected chi connectivity index (χ3v) is 2.45. The van der Waals surface area contributed by atoms with Crippen LogP contribution in [-0.4, -0.2) is 34.7 Å². The second kappa shape index (κ2) is 7.07. The number of nitro groups is 1. The van der Waals surface area contributed by atoms with E-state index in [9.17, 15) is 19.7 Å². The number of carboxylic acids is 1. The number of nitrogens with zero attached hydrogens (tertiary/aromatic N) is 1. The highest BCUT2D eigenvalue weighted by molar-refractivity contribution is 5.80. The molecule has 0 radical (unpaired) electrons. The number of alkyl carbamates (subject to hydrolysis) is 1. The molecule has 0 fully saturated rings. The number of nitro benzene ring substituents is 1. The Morgan fingerprint density at radius 1 is 1.40 bits per heavy atom. The summed E-state index contributed by atoms with van der Waals surface area (Å²) in [5.74, 6) is -1.21. The van der Waals surface area contributed by atoms with Gasteiger partial charge in [-0.15, -0.1) is 0 Å². The molecule has 108 valence electrons. The Labute approximate surface area is 114 Å². The van der Waals surface area contributed by atoms with Crippen molar-refractivity contribution in [3.05, 3.63) is 39.9 Å². The highest BCUT2D eigenvalue weighted by Crippen LogP contribution is 2.13. The molecule has 1 atom stereocenters. The average molecular weight is 282 g/mol. The SMILES string of the molecule is CCOC(=O)N[C@@H](Cc1ccc([N+](=O)[O-])cc1)C(=O)O. The van der Waals surface area contributed by atoms with Crippen molar-refractivity contribution in [3.8, 4) is 0 Å². The molecule has 1 aromatic rings. The summed E-state index contributed by atoms with van der Waals surface area (Å²) in [7, 11) is 0. The molecule has 0 aliphatic carbocycles. The molecule has 1 rings (SSSR count). The number of non-ortho nitro benzene ring substituents is 1. The quantitative estimate of drug-likeness (QED) is 0.600. The largest absolute Gasteiger partial charge is 0.480 e. The predicted molar refractivity (Wildman–Crippen MR) is 68.4 cm³/mol. The van der Waals surface area contributed by atoms with Crippen LogP contribution in [0.4, 0.5) is 10.5 Å². The predicted octanol–water partition coefficient (Wildman–Crippen LogP) is 1.34. The standard InChI is InChI=1S/C12H14N2O6/c1-2-20-12(17)13-10(11(15)16)7-8-3-5-9(6-4-8)14(18)19/h3-6,10H,2,7H2,1H3,(H,13,17)(H,15,16)/t10-/m0/s1. The Morgan fingerprint density at radius 3 is 2.45 bits per heavy atom. The molecule has 8 heteroatoms. The van der Waals surface area contributed by atoms with E-state index in [1.54, 1.807) is 6.92 Å². The van der Waals surface area contributed by atoms with Crippen LogP contribution in [0.15, 0.2) is 24.3 Å². The number of hydrogen-bond acceptors (Lipinski definition) is 5. The van der Waals surface area contributed by atoms with E-state index in [-0.39, 0.29) is 18.7 Å². The van der Waals surface area contributed by atoms with Gasteiger partial charge in [0.05, 0.1) is 11.5 Å². The maximum atomic E-state index is 11.2. The van der Waals surface area contributed by atoms with Crippen molar-refractivity contribution in [2.75, 3.05) is 6.61 Å². The topological polar surface area (TPSA) is 119 Å². The first-order chi connectivity index (χ1) is 9.43. The first-order valence-corrected chi connectivity index (χ1v) is 5.83. The second-order valence-corrected chi connectivity index (χ2v) is 3.88. The Bertz CT molecular complexity index is 499. The smallest absolute Gasteiger partial charge is 0.407 e. The van der Waals surface area contributed by atoms with Gasteiger partial charge in [0.1, 0.15) is 6.04 Å². The van der Waals surface area contributed by atoms with Crippen LogP contribution in [0.5, 0.6) is 0 Å². The first kappa shape index (κ1) is 15.4. The number of carboxylic acid groups (broad SMARTS) is 1. The third-order valence-electron chi connectivity index (χ3n) is 2.45. The van der Waals surface area contributed by atoms with E-state index in [0.29, 0.717) is 5.56 Å². The number of hydrogen-bond donors (Lipinski definition) is 2. The van der Waals surface area contributed by atoms with Crippen LogP contribution in [0.1, 0.15) is 12.5 Å². The Hall–Kier alpha value is -2.64. The molecule has 0 aliphatic heterocycles. The van der Waals surface area contributed by atoms with Crippen molar-refractivity contribution in [2.24, 2.45) is 0 Å². The molecule has 20 heavy (non-hydrogen) atoms. The lowest BCUT2D eigenvalue weighted by Gasteiger charge is -2.14. The molecule has 0 saturated heterocycles. The number of rotatable bonds is 6. The van der Waals surface area contributed by atoms with Crippen LogP contribution in [0.25, 0.3) is 0 Å². The molecule has 0 aliphatic rings. The Morgan fingerprint density at radius 2 is 2.00 bits per heavy atom. The zero-order valence-electron chi connectivity index (χ0n) is 10.7. The Kier molecular flexibility index (Phi) is 5.45. The summed E-state index contributed by atoms with van der Waals surface area (Å²) >= 11 is 0. The normalized spacial score (nSPS) is 11.4. The maximum absolute atomic E-state index is 11.2. The zero-order chi connectivity index (χ0) is 15.1. The highest BCUT2D eigenvalue weighted by Gasteiger charge is 2.21. The van der Waals surface area contributed by atoms with Gasteiger partial charge < -0.3 is 15.2 Å². The van der Waals surface area contributed by atoms with Crippen LogP contribution in [-0.2, 0) is 16.0 Å². The minimum Gasteiger partial charge on any atom is -0.480 e. The maximum Gasteiger partial charge on any atom is 0.407 e. The van der Waals surface area contributed by atoms with Crippen LogP contribution >= 0.6 is 0 Å². The minimum atomic E-state index is -1.21. The van der Waals surface area contributed by atoms with Gasteiger partial charge >= 0.3 is 12.1 Å². The Balaban J connectivity index is 2.72. The molecular formula is C12H14N2O6. The van der Waals surface area contributed by atoms with Gasteiger partial charge in [-0.25, -0.2) is 9.59 Å². The molecule has 0 aromatic heterocycles. The van der Waals surface area contributed by atoms with Crippen molar-refractivity contribution in [2.45, 2.75) is 19.4 Å². The number of carbonyl (C=O) groups is 2. The van der Waals surface area contributed by atoms with Gasteiger partial charge in [-0.1, -0.05) is 12.1 Å². The van der Waals surface area contributed by atoms with E-state index in [2.05, 4.69) is 10.1 Å². The van der Waals surface area contributed by atoms with Crippen LogP contribution in [0, 0.1) is 10.1 Å². The van der Waals surface area contributed by atoms with Crippen LogP contribution in [0.3, 0.4) is 0 Å². The van der Waals surface area contributed by atoms with E-state index < -0.39 is 23.0 Å². The lowest BCUT2D eigenvalue weighted by atomic mass is 10.1. The summed E-state index contributed by atoms with van der Waals surface area (Å²) in [6.07, 6.45) is -0.812. The zero-order valence-corrected chi connectivity index (χ0v) is 10.7. The highest BCUT2D eigenvalue weighted by atomic mass is 16.6. The summed E-state index contributed by atoms with van der Waals surface area (Å²) in [4.78, 5) is 32.2. The van der Waals surface area contributed by atoms with E-state index in [1.807, 2.05) is 0 Å². The van der Waals surface area contributed by atoms with Gasteiger partial charge in [0, 0.05) is 18.6 Å². The van der Waals surface area contributed by atoms with E-state index in [1.165, 1.54) is 24.3 Å². The van der Waals surface area contributed by atoms with E-state index >= 15 is 0 Å². The van der Waals surface area contributed by atoms with Crippen molar-refractivity contribution < 1.29 is 24.4 Å². The third kappa shape index (κ3) is 4.56. The summed E-state index contributed by atoms with van der Waals surface area (Å²) < 4.78 is 4.61. The fourth-order valence-corrected chi connectivity index (χ4v) is 1.50. The lowest BCUT2D eigenvalue weighted by Crippen LogP contribution is -2.42. The van der Waals surface area contributed by atoms with Crippen molar-refractivity contribution in [1.82, 2.24) is 5.32 Å². The number of carbonyl (C=O) groups excluding carboxylic acids is 1. The van der Waals surface area contributed by atoms with Crippen molar-refractivity contribution in [1.29, 1.82) is 0 Å². The molecule has 0 bridgehead atoms. The summed E-state index contributed by atoms with van der Waals surface area (Å²) in [6.45, 7) is 1.74. The minimum absolute atomic E-state index is 0.00609. The van der Waals surface area contributed by atoms with Gasteiger partial charge in [-0.2, -0.15) is 0 Å². The summed E-state index contributed by atoms with van der Waals surface area (Å²) in [5.41, 5.74) is 0.471. The number of amides is 1. The van der Waals surface area contributed by atoms with Crippen molar-refractivity contribution in [3.63, 3.8) is 0 Å². The van der Waals surface area contributed by atoms with Gasteiger partial charge in [-0.05, 0) is 12.5 Å². The second-order valence-electron chi connectivity index (χ2n) is 3.88. The van der Waals surface area contributed by atoms with Gasteiger partial charge in [0.25, 0.3) is 5.69 Å². The fraction of sp³-hybridized carbons (Fsp3) is 0.333. The average Bonchev–Trinajstić information content (AvgIpc) is 2.38.